The Hall–Kier alpha value is -2.86. The van der Waals surface area contributed by atoms with Gasteiger partial charge in [-0.25, -0.2) is 0 Å². The lowest BCUT2D eigenvalue weighted by molar-refractivity contribution is 0.699. The predicted molar refractivity (Wildman–Crippen MR) is 102 cm³/mol. The molecule has 0 spiro atoms. The first-order chi connectivity index (χ1) is 11.8. The van der Waals surface area contributed by atoms with E-state index in [2.05, 4.69) is 110 Å². The van der Waals surface area contributed by atoms with Crippen LogP contribution in [0.5, 0.6) is 0 Å². The minimum atomic E-state index is -0.191. The van der Waals surface area contributed by atoms with Gasteiger partial charge in [-0.15, -0.1) is 0 Å². The Kier molecular flexibility index (Phi) is 3.66. The first-order valence-electron chi connectivity index (χ1n) is 8.39. The smallest absolute Gasteiger partial charge is 0.0429 e. The van der Waals surface area contributed by atoms with Gasteiger partial charge in [-0.05, 0) is 34.4 Å². The van der Waals surface area contributed by atoms with Crippen molar-refractivity contribution in [3.63, 3.8) is 0 Å². The van der Waals surface area contributed by atoms with Gasteiger partial charge in [-0.2, -0.15) is 0 Å². The van der Waals surface area contributed by atoms with E-state index in [0.717, 1.165) is 0 Å². The molecule has 0 nitrogen and oxygen atoms in total. The summed E-state index contributed by atoms with van der Waals surface area (Å²) in [6.07, 6.45) is 0. The van der Waals surface area contributed by atoms with Crippen molar-refractivity contribution >= 4 is 10.8 Å². The lowest BCUT2D eigenvalue weighted by Gasteiger charge is -2.33. The normalized spacial score (nSPS) is 11.5. The second kappa shape index (κ2) is 5.98. The molecule has 0 heteroatoms. The van der Waals surface area contributed by atoms with Gasteiger partial charge in [0.25, 0.3) is 0 Å². The lowest BCUT2D eigenvalue weighted by Crippen LogP contribution is -2.25. The molecular weight excluding hydrogens is 288 g/mol. The number of hydrogen-bond donors (Lipinski definition) is 0. The molecule has 4 aromatic rings. The van der Waals surface area contributed by atoms with Crippen molar-refractivity contribution in [1.82, 2.24) is 0 Å². The van der Waals surface area contributed by atoms with Crippen LogP contribution >= 0.6 is 0 Å². The Morgan fingerprint density at radius 2 is 1.00 bits per heavy atom. The second-order valence-corrected chi connectivity index (χ2v) is 6.38. The van der Waals surface area contributed by atoms with Crippen molar-refractivity contribution in [1.29, 1.82) is 0 Å². The van der Waals surface area contributed by atoms with Gasteiger partial charge in [-0.1, -0.05) is 103 Å². The van der Waals surface area contributed by atoms with E-state index in [1.165, 1.54) is 27.5 Å². The van der Waals surface area contributed by atoms with Crippen LogP contribution in [-0.2, 0) is 5.41 Å². The molecule has 24 heavy (non-hydrogen) atoms. The molecule has 0 fully saturated rings. The van der Waals surface area contributed by atoms with Gasteiger partial charge in [0, 0.05) is 5.41 Å². The van der Waals surface area contributed by atoms with Crippen LogP contribution in [0.1, 0.15) is 23.6 Å². The second-order valence-electron chi connectivity index (χ2n) is 6.38. The molecule has 4 aromatic carbocycles. The highest BCUT2D eigenvalue weighted by atomic mass is 14.3. The third-order valence-corrected chi connectivity index (χ3v) is 5.03. The first kappa shape index (κ1) is 14.7. The fourth-order valence-corrected chi connectivity index (χ4v) is 3.68. The molecule has 0 N–H and O–H groups in total. The average molecular weight is 308 g/mol. The molecule has 0 unspecified atom stereocenters. The van der Waals surface area contributed by atoms with E-state index in [1.807, 2.05) is 0 Å². The van der Waals surface area contributed by atoms with Gasteiger partial charge < -0.3 is 0 Å². The summed E-state index contributed by atoms with van der Waals surface area (Å²) in [7, 11) is 0. The number of hydrogen-bond acceptors (Lipinski definition) is 0. The Labute approximate surface area is 143 Å². The summed E-state index contributed by atoms with van der Waals surface area (Å²) < 4.78 is 0. The molecule has 0 aliphatic rings. The van der Waals surface area contributed by atoms with Crippen molar-refractivity contribution in [2.45, 2.75) is 12.3 Å². The highest BCUT2D eigenvalue weighted by molar-refractivity contribution is 5.88. The topological polar surface area (TPSA) is 0 Å². The molecule has 0 amide bonds. The minimum Gasteiger partial charge on any atom is -0.0622 e. The van der Waals surface area contributed by atoms with Crippen molar-refractivity contribution in [3.8, 4) is 0 Å². The van der Waals surface area contributed by atoms with Crippen LogP contribution in [0.2, 0.25) is 0 Å². The van der Waals surface area contributed by atoms with Gasteiger partial charge in [-0.3, -0.25) is 0 Å². The maximum atomic E-state index is 2.33. The molecule has 4 rings (SSSR count). The average Bonchev–Trinajstić information content (AvgIpc) is 2.68. The summed E-state index contributed by atoms with van der Waals surface area (Å²) in [6, 6.07) is 36.9. The van der Waals surface area contributed by atoms with Gasteiger partial charge in [0.1, 0.15) is 0 Å². The van der Waals surface area contributed by atoms with E-state index in [0.29, 0.717) is 0 Å². The summed E-state index contributed by atoms with van der Waals surface area (Å²) >= 11 is 0. The standard InChI is InChI=1S/C24H20/c1-24(20-13-4-2-5-14-20,21-15-6-3-7-16-21)23-18-10-12-19-11-8-9-17-22(19)23/h2-18H,1H3. The lowest BCUT2D eigenvalue weighted by atomic mass is 9.70. The fourth-order valence-electron chi connectivity index (χ4n) is 3.68. The van der Waals surface area contributed by atoms with E-state index in [4.69, 9.17) is 0 Å². The SMILES string of the molecule is CC(c1ccccc1)(c1ccccc1)c1cccc2ccccc12. The Balaban J connectivity index is 2.07. The zero-order chi connectivity index (χ0) is 16.4. The van der Waals surface area contributed by atoms with Gasteiger partial charge in [0.2, 0.25) is 0 Å². The highest BCUT2D eigenvalue weighted by Gasteiger charge is 2.32. The zero-order valence-corrected chi connectivity index (χ0v) is 13.8. The highest BCUT2D eigenvalue weighted by Crippen LogP contribution is 2.41. The molecule has 0 atom stereocenters. The van der Waals surface area contributed by atoms with Crippen molar-refractivity contribution < 1.29 is 0 Å². The predicted octanol–water partition coefficient (Wildman–Crippen LogP) is 6.19. The molecule has 0 saturated heterocycles. The number of benzene rings is 4. The Morgan fingerprint density at radius 3 is 1.62 bits per heavy atom. The quantitative estimate of drug-likeness (QED) is 0.396. The van der Waals surface area contributed by atoms with Gasteiger partial charge in [0.15, 0.2) is 0 Å². The van der Waals surface area contributed by atoms with Crippen molar-refractivity contribution in [3.05, 3.63) is 120 Å². The molecular formula is C24H20. The zero-order valence-electron chi connectivity index (χ0n) is 13.8. The molecule has 0 aliphatic heterocycles. The minimum absolute atomic E-state index is 0.191. The van der Waals surface area contributed by atoms with Crippen LogP contribution < -0.4 is 0 Å². The summed E-state index contributed by atoms with van der Waals surface area (Å²) in [5, 5.41) is 2.60. The molecule has 0 radical (unpaired) electrons. The van der Waals surface area contributed by atoms with Gasteiger partial charge in [0.05, 0.1) is 0 Å². The van der Waals surface area contributed by atoms with Crippen LogP contribution in [0.25, 0.3) is 10.8 Å². The molecule has 0 heterocycles. The van der Waals surface area contributed by atoms with E-state index < -0.39 is 0 Å². The van der Waals surface area contributed by atoms with E-state index >= 15 is 0 Å². The van der Waals surface area contributed by atoms with Crippen LogP contribution in [0.3, 0.4) is 0 Å². The maximum Gasteiger partial charge on any atom is 0.0429 e. The third kappa shape index (κ3) is 2.32. The number of fused-ring (bicyclic) bond motifs is 1. The van der Waals surface area contributed by atoms with Crippen LogP contribution in [0.4, 0.5) is 0 Å². The Morgan fingerprint density at radius 1 is 0.500 bits per heavy atom. The van der Waals surface area contributed by atoms with E-state index in [1.54, 1.807) is 0 Å². The number of rotatable bonds is 3. The summed E-state index contributed by atoms with van der Waals surface area (Å²) in [5.74, 6) is 0. The fraction of sp³-hybridized carbons (Fsp3) is 0.0833. The third-order valence-electron chi connectivity index (χ3n) is 5.03. The summed E-state index contributed by atoms with van der Waals surface area (Å²) in [4.78, 5) is 0. The Bertz CT molecular complexity index is 908. The van der Waals surface area contributed by atoms with E-state index in [9.17, 15) is 0 Å². The van der Waals surface area contributed by atoms with Crippen LogP contribution in [0.15, 0.2) is 103 Å². The van der Waals surface area contributed by atoms with E-state index in [-0.39, 0.29) is 5.41 Å². The van der Waals surface area contributed by atoms with Crippen molar-refractivity contribution in [2.24, 2.45) is 0 Å². The summed E-state index contributed by atoms with van der Waals surface area (Å²) in [5.41, 5.74) is 3.78. The maximum absolute atomic E-state index is 2.33. The summed E-state index contributed by atoms with van der Waals surface area (Å²) in [6.45, 7) is 2.33. The first-order valence-corrected chi connectivity index (χ1v) is 8.39. The molecule has 0 aliphatic carbocycles. The molecule has 0 saturated carbocycles. The molecule has 0 aromatic heterocycles. The van der Waals surface area contributed by atoms with Crippen LogP contribution in [0, 0.1) is 0 Å². The monoisotopic (exact) mass is 308 g/mol. The van der Waals surface area contributed by atoms with Gasteiger partial charge >= 0.3 is 0 Å². The largest absolute Gasteiger partial charge is 0.0622 e. The van der Waals surface area contributed by atoms with Crippen molar-refractivity contribution in [2.75, 3.05) is 0 Å². The molecule has 116 valence electrons. The molecule has 0 bridgehead atoms. The van der Waals surface area contributed by atoms with Crippen LogP contribution in [-0.4, -0.2) is 0 Å².